The van der Waals surface area contributed by atoms with Gasteiger partial charge < -0.3 is 45.9 Å². The first kappa shape index (κ1) is 53.2. The van der Waals surface area contributed by atoms with Gasteiger partial charge in [-0.05, 0) is 115 Å². The fourth-order valence-electron chi connectivity index (χ4n) is 8.88. The van der Waals surface area contributed by atoms with Crippen LogP contribution in [0, 0.1) is 0 Å². The number of aliphatic hydroxyl groups is 2. The van der Waals surface area contributed by atoms with Gasteiger partial charge in [0.05, 0.1) is 24.5 Å². The normalized spacial score (nSPS) is 14.6. The number of allylic oxidation sites excluding steroid dienone is 2. The van der Waals surface area contributed by atoms with E-state index in [1.807, 2.05) is 24.3 Å². The molecule has 0 bridgehead atoms. The highest BCUT2D eigenvalue weighted by Crippen LogP contribution is 2.26. The molecule has 0 radical (unpaired) electrons. The van der Waals surface area contributed by atoms with Gasteiger partial charge in [0.25, 0.3) is 11.1 Å². The smallest absolute Gasteiger partial charge is 0.278 e. The third-order valence-electron chi connectivity index (χ3n) is 13.1. The van der Waals surface area contributed by atoms with Crippen molar-refractivity contribution in [1.29, 1.82) is 0 Å². The second kappa shape index (κ2) is 22.2. The molecular formula is C54H66N16O5. The molecule has 0 saturated carbocycles. The van der Waals surface area contributed by atoms with Gasteiger partial charge in [-0.15, -0.1) is 13.2 Å². The summed E-state index contributed by atoms with van der Waals surface area (Å²) in [4.78, 5) is 63.2. The number of aromatic nitrogens is 10. The number of fused-ring (bicyclic) bond motifs is 2. The van der Waals surface area contributed by atoms with Crippen molar-refractivity contribution in [2.75, 3.05) is 86.9 Å². The summed E-state index contributed by atoms with van der Waals surface area (Å²) in [5.74, 6) is 1.66. The van der Waals surface area contributed by atoms with Crippen LogP contribution in [0.15, 0.2) is 132 Å². The number of benzene rings is 2. The van der Waals surface area contributed by atoms with E-state index >= 15 is 0 Å². The van der Waals surface area contributed by atoms with Crippen LogP contribution in [-0.2, 0) is 24.3 Å². The summed E-state index contributed by atoms with van der Waals surface area (Å²) in [5.41, 5.74) is 3.10. The van der Waals surface area contributed by atoms with Crippen molar-refractivity contribution in [2.24, 2.45) is 0 Å². The molecule has 75 heavy (non-hydrogen) atoms. The molecule has 2 fully saturated rings. The van der Waals surface area contributed by atoms with Gasteiger partial charge in [-0.1, -0.05) is 24.3 Å². The molecule has 0 atom stereocenters. The van der Waals surface area contributed by atoms with Gasteiger partial charge >= 0.3 is 0 Å². The molecule has 10 rings (SSSR count). The van der Waals surface area contributed by atoms with Crippen LogP contribution >= 0.6 is 0 Å². The van der Waals surface area contributed by atoms with E-state index in [1.165, 1.54) is 33.1 Å². The summed E-state index contributed by atoms with van der Waals surface area (Å²) in [5, 5.41) is 28.2. The Balaban J connectivity index is 0.000000197. The van der Waals surface area contributed by atoms with Crippen LogP contribution in [0.4, 0.5) is 34.6 Å². The minimum absolute atomic E-state index is 0. The third kappa shape index (κ3) is 11.7. The predicted molar refractivity (Wildman–Crippen MR) is 295 cm³/mol. The topological polar surface area (TPSA) is 240 Å². The van der Waals surface area contributed by atoms with Crippen molar-refractivity contribution in [2.45, 2.75) is 52.0 Å². The van der Waals surface area contributed by atoms with Crippen molar-refractivity contribution in [3.05, 3.63) is 155 Å². The second-order valence-corrected chi connectivity index (χ2v) is 19.6. The number of anilines is 6. The molecule has 2 saturated heterocycles. The minimum atomic E-state index is -1.14. The first-order valence-corrected chi connectivity index (χ1v) is 24.7. The highest BCUT2D eigenvalue weighted by Gasteiger charge is 2.24. The molecule has 392 valence electrons. The van der Waals surface area contributed by atoms with Crippen LogP contribution in [0.25, 0.3) is 33.7 Å². The maximum atomic E-state index is 13.2. The lowest BCUT2D eigenvalue weighted by Gasteiger charge is -2.34. The molecule has 6 N–H and O–H groups in total. The Kier molecular flexibility index (Phi) is 15.7. The number of hydrogen-bond donors (Lipinski definition) is 4. The van der Waals surface area contributed by atoms with Crippen LogP contribution in [0.1, 0.15) is 39.1 Å². The Labute approximate surface area is 434 Å². The largest absolute Gasteiger partial charge is 0.412 e. The molecule has 0 aliphatic carbocycles. The number of nitrogens with zero attached hydrogens (tertiary/aromatic N) is 14. The van der Waals surface area contributed by atoms with E-state index in [1.54, 1.807) is 85.6 Å². The number of hydrogen-bond acceptors (Lipinski definition) is 16. The van der Waals surface area contributed by atoms with Crippen molar-refractivity contribution < 1.29 is 15.7 Å². The number of piperazine rings is 2. The zero-order chi connectivity index (χ0) is 52.3. The molecule has 2 aliphatic heterocycles. The molecule has 21 heteroatoms. The second-order valence-electron chi connectivity index (χ2n) is 19.6. The van der Waals surface area contributed by atoms with Crippen LogP contribution in [0.5, 0.6) is 0 Å². The van der Waals surface area contributed by atoms with E-state index in [-0.39, 0.29) is 29.7 Å². The predicted octanol–water partition coefficient (Wildman–Crippen LogP) is 4.95. The Hall–Kier alpha value is -8.08. The van der Waals surface area contributed by atoms with Gasteiger partial charge in [-0.25, -0.2) is 38.7 Å². The maximum absolute atomic E-state index is 13.2. The highest BCUT2D eigenvalue weighted by atomic mass is 16.3. The standard InChI is InChI=1S/2C27H32N8O2.H2O/c2*1-5-13-34-25(36)21-18-28-26(29-19-9-11-20(12-10-19)33-16-14-32(4)15-17-33)31-24(21)35(34)23-8-6-7-22(30-23)27(2,3)37;/h2*5-12,18,37H,1,13-17H2,2-4H3,(H,28,29,31);1H2. The van der Waals surface area contributed by atoms with Crippen LogP contribution in [0.2, 0.25) is 0 Å². The average molecular weight is 1020 g/mol. The summed E-state index contributed by atoms with van der Waals surface area (Å²) in [6.07, 6.45) is 6.35. The SMILES string of the molecule is C=CCn1c(=O)c2cnc(Nc3ccc(N4CCN(C)CC4)cc3)nc2n1-c1cccc(C(C)(C)O)n1.C=CCn1c(=O)c2cnc(Nc3ccc(N4CCN(C)CC4)cc3)nc2n1-c1cccc(C(C)(C)O)n1.O. The quantitative estimate of drug-likeness (QED) is 0.105. The maximum Gasteiger partial charge on any atom is 0.278 e. The molecule has 0 amide bonds. The third-order valence-corrected chi connectivity index (χ3v) is 13.1. The van der Waals surface area contributed by atoms with Gasteiger partial charge in [0.15, 0.2) is 22.9 Å². The molecule has 8 aromatic rings. The zero-order valence-corrected chi connectivity index (χ0v) is 43.3. The van der Waals surface area contributed by atoms with E-state index in [0.29, 0.717) is 57.0 Å². The summed E-state index contributed by atoms with van der Waals surface area (Å²) in [7, 11) is 4.29. The van der Waals surface area contributed by atoms with Crippen LogP contribution in [-0.4, -0.2) is 141 Å². The van der Waals surface area contributed by atoms with E-state index in [2.05, 4.69) is 102 Å². The number of likely N-dealkylation sites (N-methyl/N-ethyl adjacent to an activating group) is 2. The van der Waals surface area contributed by atoms with Gasteiger partial charge in [-0.2, -0.15) is 9.97 Å². The molecule has 6 aromatic heterocycles. The van der Waals surface area contributed by atoms with Gasteiger partial charge in [0, 0.05) is 87.5 Å². The Morgan fingerprint density at radius 2 is 0.907 bits per heavy atom. The number of rotatable bonds is 14. The lowest BCUT2D eigenvalue weighted by molar-refractivity contribution is 0.0733. The lowest BCUT2D eigenvalue weighted by Crippen LogP contribution is -2.44. The highest BCUT2D eigenvalue weighted by molar-refractivity contribution is 5.78. The fourth-order valence-corrected chi connectivity index (χ4v) is 8.88. The Bertz CT molecular complexity index is 3180. The Morgan fingerprint density at radius 1 is 0.547 bits per heavy atom. The van der Waals surface area contributed by atoms with Crippen molar-refractivity contribution in [3.8, 4) is 11.6 Å². The first-order chi connectivity index (χ1) is 35.5. The van der Waals surface area contributed by atoms with E-state index in [0.717, 1.165) is 63.7 Å². The van der Waals surface area contributed by atoms with E-state index in [4.69, 9.17) is 9.97 Å². The first-order valence-electron chi connectivity index (χ1n) is 24.7. The van der Waals surface area contributed by atoms with Gasteiger partial charge in [-0.3, -0.25) is 9.59 Å². The van der Waals surface area contributed by atoms with Gasteiger partial charge in [0.2, 0.25) is 11.9 Å². The molecule has 2 aliphatic rings. The molecule has 8 heterocycles. The fraction of sp³-hybridized carbons (Fsp3) is 0.333. The van der Waals surface area contributed by atoms with Crippen molar-refractivity contribution in [3.63, 3.8) is 0 Å². The minimum Gasteiger partial charge on any atom is -0.412 e. The van der Waals surface area contributed by atoms with E-state index in [9.17, 15) is 19.8 Å². The molecule has 0 spiro atoms. The average Bonchev–Trinajstić information content (AvgIpc) is 3.82. The molecule has 0 unspecified atom stereocenters. The van der Waals surface area contributed by atoms with E-state index < -0.39 is 11.2 Å². The van der Waals surface area contributed by atoms with Crippen LogP contribution < -0.4 is 31.6 Å². The molecule has 21 nitrogen and oxygen atoms in total. The monoisotopic (exact) mass is 1020 g/mol. The molecule has 2 aromatic carbocycles. The summed E-state index contributed by atoms with van der Waals surface area (Å²) in [6, 6.07) is 27.0. The van der Waals surface area contributed by atoms with Crippen LogP contribution in [0.3, 0.4) is 0 Å². The van der Waals surface area contributed by atoms with Crippen molar-refractivity contribution >= 4 is 56.7 Å². The molecular weight excluding hydrogens is 953 g/mol. The lowest BCUT2D eigenvalue weighted by atomic mass is 10.1. The summed E-state index contributed by atoms with van der Waals surface area (Å²) < 4.78 is 6.32. The summed E-state index contributed by atoms with van der Waals surface area (Å²) >= 11 is 0. The zero-order valence-electron chi connectivity index (χ0n) is 43.3. The van der Waals surface area contributed by atoms with Gasteiger partial charge in [0.1, 0.15) is 22.0 Å². The summed E-state index contributed by atoms with van der Waals surface area (Å²) in [6.45, 7) is 23.0. The number of pyridine rings is 2. The van der Waals surface area contributed by atoms with Crippen molar-refractivity contribution in [1.82, 2.24) is 58.4 Å². The Morgan fingerprint density at radius 3 is 1.24 bits per heavy atom. The number of nitrogens with one attached hydrogen (secondary N) is 2.